The molecule has 0 saturated carbocycles. The number of carbonyl (C=O) groups is 1. The molecule has 0 bridgehead atoms. The van der Waals surface area contributed by atoms with Gasteiger partial charge < -0.3 is 5.32 Å². The number of amides is 1. The SMILES string of the molecule is C[C@H](NS(=O)(=O)c1ccccc1C(F)(F)F)C(=O)NCCc1ccccn1. The average Bonchev–Trinajstić information content (AvgIpc) is 2.61. The third kappa shape index (κ3) is 5.76. The van der Waals surface area contributed by atoms with Gasteiger partial charge in [-0.1, -0.05) is 18.2 Å². The van der Waals surface area contributed by atoms with Crippen molar-refractivity contribution < 1.29 is 26.4 Å². The summed E-state index contributed by atoms with van der Waals surface area (Å²) >= 11 is 0. The van der Waals surface area contributed by atoms with Crippen molar-refractivity contribution in [2.24, 2.45) is 0 Å². The highest BCUT2D eigenvalue weighted by Gasteiger charge is 2.37. The molecule has 2 N–H and O–H groups in total. The van der Waals surface area contributed by atoms with Crippen molar-refractivity contribution in [1.29, 1.82) is 0 Å². The number of hydrogen-bond donors (Lipinski definition) is 2. The van der Waals surface area contributed by atoms with Crippen LogP contribution < -0.4 is 10.0 Å². The number of carbonyl (C=O) groups excluding carboxylic acids is 1. The molecule has 6 nitrogen and oxygen atoms in total. The van der Waals surface area contributed by atoms with E-state index < -0.39 is 38.6 Å². The summed E-state index contributed by atoms with van der Waals surface area (Å²) in [5.74, 6) is -0.654. The first-order chi connectivity index (χ1) is 12.6. The molecular formula is C17H18F3N3O3S. The molecule has 2 rings (SSSR count). The zero-order valence-corrected chi connectivity index (χ0v) is 15.1. The van der Waals surface area contributed by atoms with Gasteiger partial charge in [-0.15, -0.1) is 0 Å². The number of nitrogens with one attached hydrogen (secondary N) is 2. The van der Waals surface area contributed by atoms with Crippen LogP contribution in [0.1, 0.15) is 18.2 Å². The van der Waals surface area contributed by atoms with Crippen LogP contribution in [0, 0.1) is 0 Å². The standard InChI is InChI=1S/C17H18F3N3O3S/c1-12(16(24)22-11-9-13-6-4-5-10-21-13)23-27(25,26)15-8-3-2-7-14(15)17(18,19)20/h2-8,10,12,23H,9,11H2,1H3,(H,22,24)/t12-/m0/s1. The third-order valence-electron chi connectivity index (χ3n) is 3.61. The second kappa shape index (κ2) is 8.49. The number of alkyl halides is 3. The van der Waals surface area contributed by atoms with Crippen LogP contribution in [0.4, 0.5) is 13.2 Å². The van der Waals surface area contributed by atoms with Gasteiger partial charge in [0.15, 0.2) is 0 Å². The Hall–Kier alpha value is -2.46. The van der Waals surface area contributed by atoms with E-state index >= 15 is 0 Å². The summed E-state index contributed by atoms with van der Waals surface area (Å²) in [6.45, 7) is 1.46. The van der Waals surface area contributed by atoms with Crippen LogP contribution in [0.25, 0.3) is 0 Å². The normalized spacial score (nSPS) is 13.2. The summed E-state index contributed by atoms with van der Waals surface area (Å²) in [4.78, 5) is 15.2. The maximum Gasteiger partial charge on any atom is 0.417 e. The molecule has 146 valence electrons. The first kappa shape index (κ1) is 20.8. The van der Waals surface area contributed by atoms with Crippen LogP contribution in [0.5, 0.6) is 0 Å². The van der Waals surface area contributed by atoms with Gasteiger partial charge in [0.2, 0.25) is 15.9 Å². The van der Waals surface area contributed by atoms with E-state index in [1.807, 2.05) is 4.72 Å². The summed E-state index contributed by atoms with van der Waals surface area (Å²) in [5, 5.41) is 2.52. The van der Waals surface area contributed by atoms with Crippen molar-refractivity contribution in [3.63, 3.8) is 0 Å². The van der Waals surface area contributed by atoms with Crippen molar-refractivity contribution in [1.82, 2.24) is 15.0 Å². The largest absolute Gasteiger partial charge is 0.417 e. The monoisotopic (exact) mass is 401 g/mol. The van der Waals surface area contributed by atoms with E-state index in [9.17, 15) is 26.4 Å². The topological polar surface area (TPSA) is 88.2 Å². The second-order valence-corrected chi connectivity index (χ2v) is 7.38. The van der Waals surface area contributed by atoms with Crippen molar-refractivity contribution in [2.45, 2.75) is 30.5 Å². The molecule has 0 radical (unpaired) electrons. The molecule has 10 heteroatoms. The van der Waals surface area contributed by atoms with Crippen LogP contribution in [0.2, 0.25) is 0 Å². The average molecular weight is 401 g/mol. The maximum atomic E-state index is 13.0. The second-order valence-electron chi connectivity index (χ2n) is 5.70. The Morgan fingerprint density at radius 3 is 2.44 bits per heavy atom. The quantitative estimate of drug-likeness (QED) is 0.744. The zero-order valence-electron chi connectivity index (χ0n) is 14.3. The number of rotatable bonds is 7. The Morgan fingerprint density at radius 2 is 1.81 bits per heavy atom. The molecule has 1 amide bonds. The lowest BCUT2D eigenvalue weighted by molar-refractivity contribution is -0.139. The van der Waals surface area contributed by atoms with E-state index in [1.165, 1.54) is 13.0 Å². The van der Waals surface area contributed by atoms with E-state index in [-0.39, 0.29) is 6.54 Å². The molecule has 0 aliphatic carbocycles. The molecule has 2 aromatic rings. The molecule has 1 aromatic heterocycles. The summed E-state index contributed by atoms with van der Waals surface area (Å²) in [6.07, 6.45) is -2.80. The predicted octanol–water partition coefficient (Wildman–Crippen LogP) is 2.13. The molecular weight excluding hydrogens is 383 g/mol. The van der Waals surface area contributed by atoms with Crippen molar-refractivity contribution in [3.05, 3.63) is 59.9 Å². The highest BCUT2D eigenvalue weighted by atomic mass is 32.2. The molecule has 0 unspecified atom stereocenters. The number of halogens is 3. The van der Waals surface area contributed by atoms with Gasteiger partial charge in [-0.2, -0.15) is 17.9 Å². The lowest BCUT2D eigenvalue weighted by Gasteiger charge is -2.17. The summed E-state index contributed by atoms with van der Waals surface area (Å²) in [6, 6.07) is 7.85. The lowest BCUT2D eigenvalue weighted by atomic mass is 10.2. The minimum Gasteiger partial charge on any atom is -0.354 e. The molecule has 1 heterocycles. The number of benzene rings is 1. The van der Waals surface area contributed by atoms with Crippen molar-refractivity contribution >= 4 is 15.9 Å². The van der Waals surface area contributed by atoms with Crippen LogP contribution in [0.3, 0.4) is 0 Å². The van der Waals surface area contributed by atoms with Gasteiger partial charge in [0, 0.05) is 24.9 Å². The summed E-state index contributed by atoms with van der Waals surface area (Å²) in [7, 11) is -4.54. The fourth-order valence-electron chi connectivity index (χ4n) is 2.30. The maximum absolute atomic E-state index is 13.0. The minimum atomic E-state index is -4.83. The summed E-state index contributed by atoms with van der Waals surface area (Å²) < 4.78 is 65.7. The number of nitrogens with zero attached hydrogens (tertiary/aromatic N) is 1. The first-order valence-corrected chi connectivity index (χ1v) is 9.46. The van der Waals surface area contributed by atoms with Gasteiger partial charge in [-0.3, -0.25) is 9.78 Å². The molecule has 0 spiro atoms. The van der Waals surface area contributed by atoms with Crippen LogP contribution in [0.15, 0.2) is 53.6 Å². The first-order valence-electron chi connectivity index (χ1n) is 7.97. The number of hydrogen-bond acceptors (Lipinski definition) is 4. The molecule has 1 aromatic carbocycles. The predicted molar refractivity (Wildman–Crippen MR) is 92.2 cm³/mol. The molecule has 0 fully saturated rings. The lowest BCUT2D eigenvalue weighted by Crippen LogP contribution is -2.45. The van der Waals surface area contributed by atoms with Gasteiger partial charge in [0.25, 0.3) is 0 Å². The van der Waals surface area contributed by atoms with Crippen molar-refractivity contribution in [2.75, 3.05) is 6.54 Å². The molecule has 0 saturated heterocycles. The zero-order chi connectivity index (χ0) is 20.1. The molecule has 1 atom stereocenters. The number of sulfonamides is 1. The van der Waals surface area contributed by atoms with Gasteiger partial charge in [0.05, 0.1) is 16.5 Å². The van der Waals surface area contributed by atoms with Crippen LogP contribution in [-0.2, 0) is 27.4 Å². The third-order valence-corrected chi connectivity index (χ3v) is 5.21. The van der Waals surface area contributed by atoms with Gasteiger partial charge in [0.1, 0.15) is 0 Å². The fraction of sp³-hybridized carbons (Fsp3) is 0.294. The van der Waals surface area contributed by atoms with Gasteiger partial charge in [-0.25, -0.2) is 8.42 Å². The highest BCUT2D eigenvalue weighted by molar-refractivity contribution is 7.89. The molecule has 27 heavy (non-hydrogen) atoms. The Morgan fingerprint density at radius 1 is 1.15 bits per heavy atom. The number of pyridine rings is 1. The van der Waals surface area contributed by atoms with E-state index in [4.69, 9.17) is 0 Å². The summed E-state index contributed by atoms with van der Waals surface area (Å²) in [5.41, 5.74) is -0.551. The Bertz CT molecular complexity index is 887. The Balaban J connectivity index is 2.02. The Kier molecular flexibility index (Phi) is 6.55. The van der Waals surface area contributed by atoms with Crippen molar-refractivity contribution in [3.8, 4) is 0 Å². The molecule has 0 aliphatic heterocycles. The fourth-order valence-corrected chi connectivity index (χ4v) is 3.73. The number of aromatic nitrogens is 1. The highest BCUT2D eigenvalue weighted by Crippen LogP contribution is 2.33. The van der Waals surface area contributed by atoms with E-state index in [2.05, 4.69) is 10.3 Å². The van der Waals surface area contributed by atoms with Crippen LogP contribution in [-0.4, -0.2) is 31.9 Å². The molecule has 0 aliphatic rings. The van der Waals surface area contributed by atoms with Gasteiger partial charge in [-0.05, 0) is 31.2 Å². The van der Waals surface area contributed by atoms with E-state index in [0.717, 1.165) is 17.8 Å². The van der Waals surface area contributed by atoms with Gasteiger partial charge >= 0.3 is 6.18 Å². The minimum absolute atomic E-state index is 0.209. The smallest absolute Gasteiger partial charge is 0.354 e. The Labute approximate surface area is 154 Å². The van der Waals surface area contributed by atoms with Crippen LogP contribution >= 0.6 is 0 Å². The van der Waals surface area contributed by atoms with E-state index in [1.54, 1.807) is 24.4 Å². The van der Waals surface area contributed by atoms with E-state index in [0.29, 0.717) is 12.5 Å².